The number of hydrogen-bond donors (Lipinski definition) is 1. The Morgan fingerprint density at radius 2 is 2.00 bits per heavy atom. The second-order valence-electron chi connectivity index (χ2n) is 6.03. The van der Waals surface area contributed by atoms with Crippen molar-refractivity contribution in [3.63, 3.8) is 0 Å². The highest BCUT2D eigenvalue weighted by atomic mass is 32.2. The fraction of sp³-hybridized carbons (Fsp3) is 0.933. The average Bonchev–Trinajstić information content (AvgIpc) is 2.94. The van der Waals surface area contributed by atoms with Crippen LogP contribution < -0.4 is 5.73 Å². The first kappa shape index (κ1) is 15.2. The van der Waals surface area contributed by atoms with Gasteiger partial charge in [-0.05, 0) is 50.0 Å². The zero-order valence-electron chi connectivity index (χ0n) is 12.1. The molecule has 2 aliphatic rings. The van der Waals surface area contributed by atoms with Crippen LogP contribution in [0.5, 0.6) is 0 Å². The summed E-state index contributed by atoms with van der Waals surface area (Å²) in [5.74, 6) is 1.93. The molecule has 0 spiro atoms. The minimum Gasteiger partial charge on any atom is -0.338 e. The molecule has 0 radical (unpaired) electrons. The van der Waals surface area contributed by atoms with Crippen molar-refractivity contribution in [3.8, 4) is 0 Å². The molecule has 1 aliphatic heterocycles. The summed E-state index contributed by atoms with van der Waals surface area (Å²) in [7, 11) is 0. The first-order valence-electron chi connectivity index (χ1n) is 7.79. The third-order valence-corrected chi connectivity index (χ3v) is 5.37. The number of nitrogens with two attached hydrogens (primary N) is 1. The van der Waals surface area contributed by atoms with Gasteiger partial charge in [-0.15, -0.1) is 0 Å². The first-order valence-corrected chi connectivity index (χ1v) is 9.18. The Hall–Kier alpha value is -0.220. The molecule has 2 atom stereocenters. The number of hydrogen-bond acceptors (Lipinski definition) is 3. The fourth-order valence-corrected chi connectivity index (χ4v) is 4.15. The predicted octanol–water partition coefficient (Wildman–Crippen LogP) is 2.64. The van der Waals surface area contributed by atoms with Gasteiger partial charge >= 0.3 is 0 Å². The lowest BCUT2D eigenvalue weighted by Gasteiger charge is -2.35. The Morgan fingerprint density at radius 1 is 1.26 bits per heavy atom. The second-order valence-corrected chi connectivity index (χ2v) is 7.01. The van der Waals surface area contributed by atoms with E-state index < -0.39 is 0 Å². The number of amides is 1. The number of carbonyl (C=O) groups is 1. The zero-order chi connectivity index (χ0) is 13.7. The van der Waals surface area contributed by atoms with E-state index in [1.165, 1.54) is 44.9 Å². The van der Waals surface area contributed by atoms with Gasteiger partial charge in [0.05, 0.1) is 6.04 Å². The average molecular weight is 284 g/mol. The van der Waals surface area contributed by atoms with Crippen molar-refractivity contribution >= 4 is 17.7 Å². The van der Waals surface area contributed by atoms with Crippen molar-refractivity contribution in [2.24, 2.45) is 11.7 Å². The Labute approximate surface area is 121 Å². The molecule has 19 heavy (non-hydrogen) atoms. The monoisotopic (exact) mass is 284 g/mol. The Bertz CT molecular complexity index is 292. The third kappa shape index (κ3) is 3.88. The van der Waals surface area contributed by atoms with E-state index in [-0.39, 0.29) is 11.9 Å². The minimum absolute atomic E-state index is 0.210. The van der Waals surface area contributed by atoms with Crippen LogP contribution in [0.15, 0.2) is 0 Å². The standard InChI is InChI=1S/C15H28N2OS/c1-19-11-9-13(16)15(18)17-10-5-8-14(17)12-6-3-2-4-7-12/h12-14H,2-11,16H2,1H3/t13-,14?/m0/s1. The highest BCUT2D eigenvalue weighted by Gasteiger charge is 2.36. The molecule has 0 bridgehead atoms. The van der Waals surface area contributed by atoms with Gasteiger partial charge in [0.25, 0.3) is 0 Å². The molecule has 1 heterocycles. The number of likely N-dealkylation sites (tertiary alicyclic amines) is 1. The van der Waals surface area contributed by atoms with Crippen LogP contribution in [0.25, 0.3) is 0 Å². The molecule has 2 fully saturated rings. The lowest BCUT2D eigenvalue weighted by Crippen LogP contribution is -2.48. The molecular formula is C15H28N2OS. The van der Waals surface area contributed by atoms with Gasteiger partial charge in [0, 0.05) is 12.6 Å². The molecule has 110 valence electrons. The molecule has 1 aliphatic carbocycles. The number of nitrogens with zero attached hydrogens (tertiary/aromatic N) is 1. The molecule has 1 saturated carbocycles. The Kier molecular flexibility index (Phi) is 6.02. The summed E-state index contributed by atoms with van der Waals surface area (Å²) in [6.45, 7) is 0.937. The van der Waals surface area contributed by atoms with Gasteiger partial charge < -0.3 is 10.6 Å². The molecule has 1 amide bonds. The summed E-state index contributed by atoms with van der Waals surface area (Å²) in [4.78, 5) is 14.6. The normalized spacial score (nSPS) is 26.6. The molecule has 1 saturated heterocycles. The molecule has 3 nitrogen and oxygen atoms in total. The van der Waals surface area contributed by atoms with Crippen LogP contribution in [-0.4, -0.2) is 41.4 Å². The lowest BCUT2D eigenvalue weighted by atomic mass is 9.83. The van der Waals surface area contributed by atoms with Gasteiger partial charge in [-0.1, -0.05) is 19.3 Å². The Morgan fingerprint density at radius 3 is 2.68 bits per heavy atom. The van der Waals surface area contributed by atoms with E-state index in [0.717, 1.165) is 24.6 Å². The van der Waals surface area contributed by atoms with Gasteiger partial charge in [0.1, 0.15) is 0 Å². The highest BCUT2D eigenvalue weighted by molar-refractivity contribution is 7.98. The maximum absolute atomic E-state index is 12.5. The van der Waals surface area contributed by atoms with Crippen LogP contribution in [-0.2, 0) is 4.79 Å². The maximum Gasteiger partial charge on any atom is 0.239 e. The van der Waals surface area contributed by atoms with Crippen LogP contribution in [0.3, 0.4) is 0 Å². The van der Waals surface area contributed by atoms with E-state index in [9.17, 15) is 4.79 Å². The minimum atomic E-state index is -0.281. The van der Waals surface area contributed by atoms with Gasteiger partial charge in [0.15, 0.2) is 0 Å². The number of thioether (sulfide) groups is 1. The van der Waals surface area contributed by atoms with Crippen LogP contribution in [0.2, 0.25) is 0 Å². The van der Waals surface area contributed by atoms with Crippen molar-refractivity contribution in [1.82, 2.24) is 4.90 Å². The second kappa shape index (κ2) is 7.53. The van der Waals surface area contributed by atoms with Crippen molar-refractivity contribution in [1.29, 1.82) is 0 Å². The summed E-state index contributed by atoms with van der Waals surface area (Å²) in [6.07, 6.45) is 12.0. The van der Waals surface area contributed by atoms with E-state index in [1.807, 2.05) is 0 Å². The quantitative estimate of drug-likeness (QED) is 0.844. The fourth-order valence-electron chi connectivity index (χ4n) is 3.66. The molecule has 2 rings (SSSR count). The topological polar surface area (TPSA) is 46.3 Å². The smallest absolute Gasteiger partial charge is 0.239 e. The number of rotatable bonds is 5. The maximum atomic E-state index is 12.5. The van der Waals surface area contributed by atoms with Crippen LogP contribution >= 0.6 is 11.8 Å². The van der Waals surface area contributed by atoms with Crippen molar-refractivity contribution in [3.05, 3.63) is 0 Å². The van der Waals surface area contributed by atoms with E-state index >= 15 is 0 Å². The molecule has 1 unspecified atom stereocenters. The SMILES string of the molecule is CSCC[C@H](N)C(=O)N1CCCC1C1CCCCC1. The largest absolute Gasteiger partial charge is 0.338 e. The zero-order valence-corrected chi connectivity index (χ0v) is 13.0. The molecule has 0 aromatic carbocycles. The van der Waals surface area contributed by atoms with Gasteiger partial charge in [-0.3, -0.25) is 4.79 Å². The summed E-state index contributed by atoms with van der Waals surface area (Å²) in [5, 5.41) is 0. The van der Waals surface area contributed by atoms with Crippen molar-refractivity contribution in [2.45, 2.75) is 63.5 Å². The third-order valence-electron chi connectivity index (χ3n) is 4.73. The van der Waals surface area contributed by atoms with E-state index in [0.29, 0.717) is 6.04 Å². The van der Waals surface area contributed by atoms with Gasteiger partial charge in [-0.25, -0.2) is 0 Å². The van der Waals surface area contributed by atoms with E-state index in [2.05, 4.69) is 11.2 Å². The molecule has 2 N–H and O–H groups in total. The van der Waals surface area contributed by atoms with Crippen LogP contribution in [0, 0.1) is 5.92 Å². The van der Waals surface area contributed by atoms with Crippen molar-refractivity contribution in [2.75, 3.05) is 18.6 Å². The predicted molar refractivity (Wildman–Crippen MR) is 82.3 cm³/mol. The number of carbonyl (C=O) groups excluding carboxylic acids is 1. The molecule has 0 aromatic rings. The van der Waals surface area contributed by atoms with Crippen molar-refractivity contribution < 1.29 is 4.79 Å². The van der Waals surface area contributed by atoms with E-state index in [4.69, 9.17) is 5.73 Å². The summed E-state index contributed by atoms with van der Waals surface area (Å²) < 4.78 is 0. The Balaban J connectivity index is 1.91. The van der Waals surface area contributed by atoms with E-state index in [1.54, 1.807) is 11.8 Å². The molecular weight excluding hydrogens is 256 g/mol. The van der Waals surface area contributed by atoms with Crippen LogP contribution in [0.4, 0.5) is 0 Å². The molecule has 4 heteroatoms. The van der Waals surface area contributed by atoms with Crippen LogP contribution in [0.1, 0.15) is 51.4 Å². The van der Waals surface area contributed by atoms with Gasteiger partial charge in [0.2, 0.25) is 5.91 Å². The lowest BCUT2D eigenvalue weighted by molar-refractivity contribution is -0.134. The highest BCUT2D eigenvalue weighted by Crippen LogP contribution is 2.34. The first-order chi connectivity index (χ1) is 9.24. The summed E-state index contributed by atoms with van der Waals surface area (Å²) in [5.41, 5.74) is 6.07. The summed E-state index contributed by atoms with van der Waals surface area (Å²) >= 11 is 1.77. The summed E-state index contributed by atoms with van der Waals surface area (Å²) in [6, 6.07) is 0.213. The molecule has 0 aromatic heterocycles. The van der Waals surface area contributed by atoms with Gasteiger partial charge in [-0.2, -0.15) is 11.8 Å².